The maximum atomic E-state index is 12.6. The Hall–Kier alpha value is -2.77. The van der Waals surface area contributed by atoms with Crippen LogP contribution in [0.1, 0.15) is 5.56 Å². The standard InChI is InChI=1S/C16H10ClN3O3S/c17-13-7-6-12(20(22)23)8-10(13)9-14-15(21)19(16(24)18-14)11-4-2-1-3-5-11/h1-9H,(H,18,24)/b14-9+. The molecule has 1 saturated heterocycles. The first-order chi connectivity index (χ1) is 11.5. The predicted octanol–water partition coefficient (Wildman–Crippen LogP) is 3.51. The number of amides is 1. The Morgan fingerprint density at radius 1 is 1.21 bits per heavy atom. The van der Waals surface area contributed by atoms with Gasteiger partial charge in [0, 0.05) is 22.7 Å². The van der Waals surface area contributed by atoms with Crippen LogP contribution in [0.5, 0.6) is 0 Å². The largest absolute Gasteiger partial charge is 0.327 e. The van der Waals surface area contributed by atoms with E-state index in [0.29, 0.717) is 16.3 Å². The lowest BCUT2D eigenvalue weighted by Gasteiger charge is -2.13. The molecule has 1 heterocycles. The van der Waals surface area contributed by atoms with E-state index in [-0.39, 0.29) is 22.4 Å². The molecule has 0 aliphatic carbocycles. The molecule has 6 nitrogen and oxygen atoms in total. The number of hydrogen-bond donors (Lipinski definition) is 1. The molecule has 1 aliphatic heterocycles. The van der Waals surface area contributed by atoms with Crippen LogP contribution in [0.4, 0.5) is 11.4 Å². The van der Waals surface area contributed by atoms with Gasteiger partial charge in [-0.25, -0.2) is 0 Å². The molecule has 0 atom stereocenters. The molecule has 1 aliphatic rings. The highest BCUT2D eigenvalue weighted by Gasteiger charge is 2.32. The van der Waals surface area contributed by atoms with Gasteiger partial charge in [0.2, 0.25) is 0 Å². The summed E-state index contributed by atoms with van der Waals surface area (Å²) in [5.41, 5.74) is 1.08. The van der Waals surface area contributed by atoms with Crippen LogP contribution in [0.3, 0.4) is 0 Å². The maximum absolute atomic E-state index is 12.6. The predicted molar refractivity (Wildman–Crippen MR) is 95.7 cm³/mol. The van der Waals surface area contributed by atoms with Gasteiger partial charge in [-0.2, -0.15) is 0 Å². The quantitative estimate of drug-likeness (QED) is 0.393. The molecule has 2 aromatic rings. The molecule has 3 rings (SSSR count). The van der Waals surface area contributed by atoms with Gasteiger partial charge in [-0.1, -0.05) is 29.8 Å². The van der Waals surface area contributed by atoms with Crippen molar-refractivity contribution in [3.05, 3.63) is 74.9 Å². The number of para-hydroxylation sites is 1. The lowest BCUT2D eigenvalue weighted by Crippen LogP contribution is -2.30. The number of benzene rings is 2. The third-order valence-electron chi connectivity index (χ3n) is 3.38. The molecule has 1 amide bonds. The van der Waals surface area contributed by atoms with Crippen molar-refractivity contribution >= 4 is 52.3 Å². The molecular formula is C16H10ClN3O3S. The number of hydrogen-bond acceptors (Lipinski definition) is 4. The topological polar surface area (TPSA) is 75.5 Å². The minimum Gasteiger partial charge on any atom is -0.327 e. The molecule has 120 valence electrons. The molecule has 0 spiro atoms. The molecule has 1 fully saturated rings. The molecule has 0 aromatic heterocycles. The fourth-order valence-electron chi connectivity index (χ4n) is 2.26. The fraction of sp³-hybridized carbons (Fsp3) is 0. The van der Waals surface area contributed by atoms with Crippen LogP contribution < -0.4 is 10.2 Å². The first kappa shape index (κ1) is 16.1. The van der Waals surface area contributed by atoms with Gasteiger partial charge >= 0.3 is 0 Å². The average molecular weight is 360 g/mol. The number of nitrogens with one attached hydrogen (secondary N) is 1. The van der Waals surface area contributed by atoms with Gasteiger partial charge in [-0.3, -0.25) is 19.8 Å². The average Bonchev–Trinajstić information content (AvgIpc) is 2.84. The van der Waals surface area contributed by atoms with Crippen molar-refractivity contribution in [2.45, 2.75) is 0 Å². The summed E-state index contributed by atoms with van der Waals surface area (Å²) in [6, 6.07) is 13.0. The van der Waals surface area contributed by atoms with Crippen LogP contribution >= 0.6 is 23.8 Å². The maximum Gasteiger partial charge on any atom is 0.281 e. The van der Waals surface area contributed by atoms with E-state index < -0.39 is 4.92 Å². The normalized spacial score (nSPS) is 15.7. The zero-order valence-electron chi connectivity index (χ0n) is 12.1. The number of carbonyl (C=O) groups is 1. The number of rotatable bonds is 3. The number of nitro groups is 1. The van der Waals surface area contributed by atoms with E-state index in [9.17, 15) is 14.9 Å². The van der Waals surface area contributed by atoms with Crippen molar-refractivity contribution in [2.24, 2.45) is 0 Å². The molecule has 0 saturated carbocycles. The molecule has 0 bridgehead atoms. The van der Waals surface area contributed by atoms with E-state index in [1.54, 1.807) is 24.3 Å². The summed E-state index contributed by atoms with van der Waals surface area (Å²) in [6.07, 6.45) is 1.45. The van der Waals surface area contributed by atoms with Gasteiger partial charge in [0.1, 0.15) is 5.70 Å². The van der Waals surface area contributed by atoms with Crippen molar-refractivity contribution in [3.63, 3.8) is 0 Å². The number of halogens is 1. The molecule has 0 unspecified atom stereocenters. The summed E-state index contributed by atoms with van der Waals surface area (Å²) in [5, 5.41) is 14.2. The Bertz CT molecular complexity index is 883. The second-order valence-corrected chi connectivity index (χ2v) is 5.72. The Balaban J connectivity index is 1.98. The van der Waals surface area contributed by atoms with Gasteiger partial charge in [-0.05, 0) is 36.5 Å². The van der Waals surface area contributed by atoms with Crippen molar-refractivity contribution in [3.8, 4) is 0 Å². The van der Waals surface area contributed by atoms with E-state index in [1.165, 1.54) is 29.2 Å². The fourth-order valence-corrected chi connectivity index (χ4v) is 2.73. The van der Waals surface area contributed by atoms with Crippen LogP contribution in [0.15, 0.2) is 54.2 Å². The summed E-state index contributed by atoms with van der Waals surface area (Å²) in [5.74, 6) is -0.353. The zero-order chi connectivity index (χ0) is 17.3. The highest BCUT2D eigenvalue weighted by Crippen LogP contribution is 2.27. The lowest BCUT2D eigenvalue weighted by molar-refractivity contribution is -0.384. The van der Waals surface area contributed by atoms with E-state index in [4.69, 9.17) is 23.8 Å². The van der Waals surface area contributed by atoms with Crippen LogP contribution in [0, 0.1) is 10.1 Å². The van der Waals surface area contributed by atoms with Crippen LogP contribution in [0.25, 0.3) is 6.08 Å². The number of anilines is 1. The smallest absolute Gasteiger partial charge is 0.281 e. The van der Waals surface area contributed by atoms with Crippen molar-refractivity contribution < 1.29 is 9.72 Å². The minimum atomic E-state index is -0.525. The van der Waals surface area contributed by atoms with Gasteiger partial charge in [-0.15, -0.1) is 0 Å². The monoisotopic (exact) mass is 359 g/mol. The van der Waals surface area contributed by atoms with Gasteiger partial charge < -0.3 is 5.32 Å². The number of nitro benzene ring substituents is 1. The Morgan fingerprint density at radius 2 is 1.92 bits per heavy atom. The second-order valence-electron chi connectivity index (χ2n) is 4.93. The summed E-state index contributed by atoms with van der Waals surface area (Å²) in [7, 11) is 0. The third-order valence-corrected chi connectivity index (χ3v) is 4.01. The summed E-state index contributed by atoms with van der Waals surface area (Å²) in [4.78, 5) is 24.3. The summed E-state index contributed by atoms with van der Waals surface area (Å²) in [6.45, 7) is 0. The third kappa shape index (κ3) is 2.99. The van der Waals surface area contributed by atoms with Crippen molar-refractivity contribution in [1.29, 1.82) is 0 Å². The molecule has 1 N–H and O–H groups in total. The van der Waals surface area contributed by atoms with E-state index in [1.807, 2.05) is 6.07 Å². The van der Waals surface area contributed by atoms with Crippen molar-refractivity contribution in [1.82, 2.24) is 5.32 Å². The first-order valence-corrected chi connectivity index (χ1v) is 7.62. The Morgan fingerprint density at radius 3 is 2.58 bits per heavy atom. The first-order valence-electron chi connectivity index (χ1n) is 6.83. The number of thiocarbonyl (C=S) groups is 1. The van der Waals surface area contributed by atoms with E-state index in [0.717, 1.165) is 0 Å². The SMILES string of the molecule is O=C1/C(=C\c2cc([N+](=O)[O-])ccc2Cl)NC(=S)N1c1ccccc1. The second kappa shape index (κ2) is 6.38. The Kier molecular flexibility index (Phi) is 4.28. The van der Waals surface area contributed by atoms with Gasteiger partial charge in [0.25, 0.3) is 11.6 Å². The Labute approximate surface area is 147 Å². The zero-order valence-corrected chi connectivity index (χ0v) is 13.7. The van der Waals surface area contributed by atoms with E-state index >= 15 is 0 Å². The number of non-ortho nitro benzene ring substituents is 1. The molecular weight excluding hydrogens is 350 g/mol. The van der Waals surface area contributed by atoms with Gasteiger partial charge in [0.05, 0.1) is 10.6 Å². The van der Waals surface area contributed by atoms with Crippen molar-refractivity contribution in [2.75, 3.05) is 4.90 Å². The number of nitrogens with zero attached hydrogens (tertiary/aromatic N) is 2. The highest BCUT2D eigenvalue weighted by molar-refractivity contribution is 7.80. The lowest BCUT2D eigenvalue weighted by atomic mass is 10.1. The molecule has 2 aromatic carbocycles. The van der Waals surface area contributed by atoms with Gasteiger partial charge in [0.15, 0.2) is 5.11 Å². The molecule has 24 heavy (non-hydrogen) atoms. The van der Waals surface area contributed by atoms with Crippen LogP contribution in [0.2, 0.25) is 5.02 Å². The van der Waals surface area contributed by atoms with Crippen LogP contribution in [-0.2, 0) is 4.79 Å². The highest BCUT2D eigenvalue weighted by atomic mass is 35.5. The van der Waals surface area contributed by atoms with E-state index in [2.05, 4.69) is 5.32 Å². The molecule has 8 heteroatoms. The summed E-state index contributed by atoms with van der Waals surface area (Å²) >= 11 is 11.3. The summed E-state index contributed by atoms with van der Waals surface area (Å²) < 4.78 is 0. The minimum absolute atomic E-state index is 0.112. The molecule has 0 radical (unpaired) electrons. The van der Waals surface area contributed by atoms with Crippen LogP contribution in [-0.4, -0.2) is 15.9 Å². The number of carbonyl (C=O) groups excluding carboxylic acids is 1.